The summed E-state index contributed by atoms with van der Waals surface area (Å²) in [5.41, 5.74) is -0.0529. The zero-order valence-electron chi connectivity index (χ0n) is 21.8. The van der Waals surface area contributed by atoms with E-state index < -0.39 is 35.5 Å². The van der Waals surface area contributed by atoms with E-state index >= 15 is 4.39 Å². The van der Waals surface area contributed by atoms with E-state index in [1.165, 1.54) is 6.07 Å². The third-order valence-electron chi connectivity index (χ3n) is 5.87. The van der Waals surface area contributed by atoms with E-state index in [1.54, 1.807) is 0 Å². The van der Waals surface area contributed by atoms with Crippen molar-refractivity contribution in [3.8, 4) is 0 Å². The van der Waals surface area contributed by atoms with Crippen LogP contribution in [0.3, 0.4) is 0 Å². The smallest absolute Gasteiger partial charge is 0.334 e. The molecule has 0 radical (unpaired) electrons. The number of rotatable bonds is 14. The van der Waals surface area contributed by atoms with Gasteiger partial charge in [-0.2, -0.15) is 0 Å². The van der Waals surface area contributed by atoms with Gasteiger partial charge in [-0.05, 0) is 50.7 Å². The normalized spacial score (nSPS) is 13.3. The van der Waals surface area contributed by atoms with Gasteiger partial charge in [0.1, 0.15) is 11.7 Å². The van der Waals surface area contributed by atoms with E-state index in [2.05, 4.69) is 0 Å². The lowest BCUT2D eigenvalue weighted by atomic mass is 9.90. The fourth-order valence-electron chi connectivity index (χ4n) is 3.83. The van der Waals surface area contributed by atoms with Gasteiger partial charge < -0.3 is 9.47 Å². The van der Waals surface area contributed by atoms with Gasteiger partial charge in [0.25, 0.3) is 5.91 Å². The number of carbonyl (C=O) groups is 4. The van der Waals surface area contributed by atoms with Crippen LogP contribution < -0.4 is 4.90 Å². The Kier molecular flexibility index (Phi) is 14.2. The molecule has 0 spiro atoms. The number of esters is 2. The van der Waals surface area contributed by atoms with Crippen molar-refractivity contribution in [3.05, 3.63) is 34.1 Å². The van der Waals surface area contributed by atoms with Crippen LogP contribution in [0.15, 0.2) is 28.2 Å². The van der Waals surface area contributed by atoms with Crippen LogP contribution in [0.5, 0.6) is 0 Å². The molecule has 38 heavy (non-hydrogen) atoms. The third-order valence-corrected chi connectivity index (χ3v) is 7.55. The molecule has 0 heterocycles. The van der Waals surface area contributed by atoms with Crippen molar-refractivity contribution in [2.24, 2.45) is 0 Å². The SMILES string of the molecule is CCCCCOC(=O)C1=C(C(=O)N(C(=O)CCl)c2cc(SCC(=O)OCCCC)c(Cl)cc2F)CCCC1. The summed E-state index contributed by atoms with van der Waals surface area (Å²) in [5.74, 6) is -4.36. The Morgan fingerprint density at radius 2 is 1.63 bits per heavy atom. The average Bonchev–Trinajstić information content (AvgIpc) is 2.91. The fraction of sp³-hybridized carbons (Fsp3) is 0.556. The van der Waals surface area contributed by atoms with Crippen LogP contribution in [-0.4, -0.2) is 48.6 Å². The van der Waals surface area contributed by atoms with E-state index in [-0.39, 0.29) is 45.5 Å². The van der Waals surface area contributed by atoms with Gasteiger partial charge in [-0.15, -0.1) is 23.4 Å². The summed E-state index contributed by atoms with van der Waals surface area (Å²) in [6.45, 7) is 4.53. The number of nitrogens with zero attached hydrogens (tertiary/aromatic N) is 1. The van der Waals surface area contributed by atoms with Crippen LogP contribution >= 0.6 is 35.0 Å². The Balaban J connectivity index is 2.36. The van der Waals surface area contributed by atoms with Gasteiger partial charge in [0.05, 0.1) is 29.7 Å². The first kappa shape index (κ1) is 32.1. The molecule has 2 rings (SSSR count). The van der Waals surface area contributed by atoms with Gasteiger partial charge in [0.2, 0.25) is 5.91 Å². The number of halogens is 3. The van der Waals surface area contributed by atoms with Crippen LogP contribution in [0.25, 0.3) is 0 Å². The summed E-state index contributed by atoms with van der Waals surface area (Å²) in [6, 6.07) is 2.21. The number of ether oxygens (including phenoxy) is 2. The number of thioether (sulfide) groups is 1. The first-order chi connectivity index (χ1) is 18.2. The number of benzene rings is 1. The minimum absolute atomic E-state index is 0.0107. The summed E-state index contributed by atoms with van der Waals surface area (Å²) < 4.78 is 25.6. The van der Waals surface area contributed by atoms with Gasteiger partial charge in [0.15, 0.2) is 0 Å². The van der Waals surface area contributed by atoms with Crippen molar-refractivity contribution in [1.82, 2.24) is 0 Å². The molecule has 1 aliphatic rings. The second-order valence-electron chi connectivity index (χ2n) is 8.77. The van der Waals surface area contributed by atoms with Crippen molar-refractivity contribution in [1.29, 1.82) is 0 Å². The zero-order chi connectivity index (χ0) is 28.1. The molecule has 0 saturated carbocycles. The summed E-state index contributed by atoms with van der Waals surface area (Å²) in [6.07, 6.45) is 6.06. The lowest BCUT2D eigenvalue weighted by Gasteiger charge is -2.26. The van der Waals surface area contributed by atoms with E-state index in [1.807, 2.05) is 13.8 Å². The molecule has 0 bridgehead atoms. The molecule has 1 aromatic rings. The van der Waals surface area contributed by atoms with E-state index in [0.29, 0.717) is 37.2 Å². The quantitative estimate of drug-likeness (QED) is 0.104. The highest BCUT2D eigenvalue weighted by atomic mass is 35.5. The van der Waals surface area contributed by atoms with Crippen LogP contribution in [0.4, 0.5) is 10.1 Å². The first-order valence-corrected chi connectivity index (χ1v) is 14.7. The summed E-state index contributed by atoms with van der Waals surface area (Å²) >= 11 is 13.0. The van der Waals surface area contributed by atoms with Crippen LogP contribution in [0, 0.1) is 5.82 Å². The van der Waals surface area contributed by atoms with Crippen molar-refractivity contribution in [2.75, 3.05) is 29.7 Å². The summed E-state index contributed by atoms with van der Waals surface area (Å²) in [7, 11) is 0. The second kappa shape index (κ2) is 16.8. The van der Waals surface area contributed by atoms with Crippen LogP contribution in [0.1, 0.15) is 71.6 Å². The highest BCUT2D eigenvalue weighted by Crippen LogP contribution is 2.36. The van der Waals surface area contributed by atoms with Gasteiger partial charge in [-0.3, -0.25) is 14.4 Å². The molecule has 0 unspecified atom stereocenters. The molecule has 0 aliphatic heterocycles. The molecule has 0 fully saturated rings. The molecule has 0 saturated heterocycles. The number of alkyl halides is 1. The third kappa shape index (κ3) is 9.27. The van der Waals surface area contributed by atoms with Gasteiger partial charge in [-0.25, -0.2) is 14.1 Å². The highest BCUT2D eigenvalue weighted by Gasteiger charge is 2.33. The van der Waals surface area contributed by atoms with Gasteiger partial charge >= 0.3 is 11.9 Å². The molecule has 0 N–H and O–H groups in total. The topological polar surface area (TPSA) is 90.0 Å². The van der Waals surface area contributed by atoms with Crippen molar-refractivity contribution in [2.45, 2.75) is 76.5 Å². The van der Waals surface area contributed by atoms with Crippen molar-refractivity contribution >= 4 is 64.4 Å². The van der Waals surface area contributed by atoms with E-state index in [4.69, 9.17) is 32.7 Å². The molecule has 11 heteroatoms. The monoisotopic (exact) mass is 589 g/mol. The molecule has 1 aromatic carbocycles. The summed E-state index contributed by atoms with van der Waals surface area (Å²) in [5, 5.41) is 0.0107. The maximum absolute atomic E-state index is 15.1. The molecular weight excluding hydrogens is 556 g/mol. The largest absolute Gasteiger partial charge is 0.465 e. The maximum atomic E-state index is 15.1. The minimum atomic E-state index is -0.920. The Labute approximate surface area is 237 Å². The second-order valence-corrected chi connectivity index (χ2v) is 10.5. The van der Waals surface area contributed by atoms with Gasteiger partial charge in [-0.1, -0.05) is 44.7 Å². The van der Waals surface area contributed by atoms with E-state index in [9.17, 15) is 19.2 Å². The molecule has 1 aliphatic carbocycles. The molecule has 2 amide bonds. The zero-order valence-corrected chi connectivity index (χ0v) is 24.1. The number of hydrogen-bond donors (Lipinski definition) is 0. The number of unbranched alkanes of at least 4 members (excludes halogenated alkanes) is 3. The number of amides is 2. The molecule has 0 aromatic heterocycles. The number of hydrogen-bond acceptors (Lipinski definition) is 7. The number of imide groups is 1. The fourth-order valence-corrected chi connectivity index (χ4v) is 5.01. The Hall–Kier alpha value is -2.10. The molecular formula is C27H34Cl2FNO6S. The van der Waals surface area contributed by atoms with Crippen molar-refractivity contribution in [3.63, 3.8) is 0 Å². The van der Waals surface area contributed by atoms with E-state index in [0.717, 1.165) is 43.5 Å². The lowest BCUT2D eigenvalue weighted by molar-refractivity contribution is -0.141. The van der Waals surface area contributed by atoms with Gasteiger partial charge in [0, 0.05) is 16.0 Å². The van der Waals surface area contributed by atoms with Crippen LogP contribution in [-0.2, 0) is 28.7 Å². The number of anilines is 1. The first-order valence-electron chi connectivity index (χ1n) is 12.8. The predicted octanol–water partition coefficient (Wildman–Crippen LogP) is 6.62. The average molecular weight is 591 g/mol. The Bertz CT molecular complexity index is 1050. The van der Waals surface area contributed by atoms with Crippen LogP contribution in [0.2, 0.25) is 5.02 Å². The molecule has 0 atom stereocenters. The Morgan fingerprint density at radius 3 is 2.29 bits per heavy atom. The Morgan fingerprint density at radius 1 is 0.974 bits per heavy atom. The molecule has 7 nitrogen and oxygen atoms in total. The molecule has 210 valence electrons. The van der Waals surface area contributed by atoms with Crippen molar-refractivity contribution < 1.29 is 33.0 Å². The lowest BCUT2D eigenvalue weighted by Crippen LogP contribution is -2.40. The number of carbonyl (C=O) groups excluding carboxylic acids is 4. The standard InChI is InChI=1S/C27H34Cl2FNO6S/c1-3-5-9-13-37-27(35)19-11-8-7-10-18(19)26(34)31(24(32)16-28)22-15-23(20(29)14-21(22)30)38-17-25(33)36-12-6-4-2/h14-15H,3-13,16-17H2,1-2H3. The predicted molar refractivity (Wildman–Crippen MR) is 147 cm³/mol. The highest BCUT2D eigenvalue weighted by molar-refractivity contribution is 8.00. The maximum Gasteiger partial charge on any atom is 0.334 e. The summed E-state index contributed by atoms with van der Waals surface area (Å²) in [4.78, 5) is 52.2. The minimum Gasteiger partial charge on any atom is -0.465 e.